The molecule has 0 spiro atoms. The number of fused-ring (bicyclic) bond motifs is 3. The second kappa shape index (κ2) is 6.66. The van der Waals surface area contributed by atoms with Crippen LogP contribution in [0.25, 0.3) is 0 Å². The van der Waals surface area contributed by atoms with Gasteiger partial charge in [-0.3, -0.25) is 4.79 Å². The van der Waals surface area contributed by atoms with E-state index >= 15 is 0 Å². The fourth-order valence-electron chi connectivity index (χ4n) is 4.25. The smallest absolute Gasteiger partial charge is 0.308 e. The number of benzene rings is 2. The highest BCUT2D eigenvalue weighted by molar-refractivity contribution is 5.69. The van der Waals surface area contributed by atoms with Gasteiger partial charge in [0, 0.05) is 18.2 Å². The zero-order valence-corrected chi connectivity index (χ0v) is 15.3. The average molecular weight is 365 g/mol. The molecule has 0 aromatic heterocycles. The largest absolute Gasteiger partial charge is 0.427 e. The van der Waals surface area contributed by atoms with Crippen molar-refractivity contribution in [1.82, 2.24) is 0 Å². The third kappa shape index (κ3) is 3.11. The minimum atomic E-state index is -0.319. The van der Waals surface area contributed by atoms with Crippen molar-refractivity contribution >= 4 is 11.7 Å². The summed E-state index contributed by atoms with van der Waals surface area (Å²) in [6.07, 6.45) is 2.29. The van der Waals surface area contributed by atoms with Gasteiger partial charge in [0.2, 0.25) is 0 Å². The Morgan fingerprint density at radius 3 is 2.67 bits per heavy atom. The number of hydrogen-bond donors (Lipinski definition) is 1. The number of nitrogens with one attached hydrogen (secondary N) is 1. The van der Waals surface area contributed by atoms with Gasteiger partial charge in [0.05, 0.1) is 19.3 Å². The van der Waals surface area contributed by atoms with Crippen LogP contribution in [0.4, 0.5) is 5.69 Å². The zero-order chi connectivity index (χ0) is 18.4. The first-order valence-electron chi connectivity index (χ1n) is 9.61. The summed E-state index contributed by atoms with van der Waals surface area (Å²) >= 11 is 0. The summed E-state index contributed by atoms with van der Waals surface area (Å²) < 4.78 is 17.6. The molecular weight excluding hydrogens is 342 g/mol. The summed E-state index contributed by atoms with van der Waals surface area (Å²) in [7, 11) is 0. The van der Waals surface area contributed by atoms with E-state index in [4.69, 9.17) is 14.2 Å². The molecule has 1 N–H and O–H groups in total. The van der Waals surface area contributed by atoms with Crippen LogP contribution < -0.4 is 10.1 Å². The third-order valence-corrected chi connectivity index (χ3v) is 5.55. The Hall–Kier alpha value is -2.37. The highest BCUT2D eigenvalue weighted by Gasteiger charge is 2.43. The standard InChI is InChI=1S/C22H23NO4/c1-13(24)27-16-5-2-4-15(12-16)19-22-21(25-10-11-26-22)18-7-3-6-17(14-8-9-14)20(18)23-19/h2-7,12,14,19,21-23H,8-11H2,1H3. The molecule has 3 unspecified atom stereocenters. The minimum Gasteiger partial charge on any atom is -0.427 e. The van der Waals surface area contributed by atoms with E-state index in [2.05, 4.69) is 23.5 Å². The zero-order valence-electron chi connectivity index (χ0n) is 15.3. The molecule has 1 saturated carbocycles. The van der Waals surface area contributed by atoms with Crippen LogP contribution in [0, 0.1) is 0 Å². The Balaban J connectivity index is 1.56. The Morgan fingerprint density at radius 1 is 1.07 bits per heavy atom. The Kier molecular flexibility index (Phi) is 4.14. The number of esters is 1. The molecule has 0 amide bonds. The molecule has 5 nitrogen and oxygen atoms in total. The molecule has 140 valence electrons. The maximum atomic E-state index is 11.3. The molecule has 2 fully saturated rings. The predicted octanol–water partition coefficient (Wildman–Crippen LogP) is 4.11. The molecule has 5 heteroatoms. The van der Waals surface area contributed by atoms with E-state index in [1.54, 1.807) is 6.07 Å². The number of anilines is 1. The topological polar surface area (TPSA) is 56.8 Å². The highest BCUT2D eigenvalue weighted by Crippen LogP contribution is 2.51. The summed E-state index contributed by atoms with van der Waals surface area (Å²) in [5.74, 6) is 0.873. The minimum absolute atomic E-state index is 0.0572. The first kappa shape index (κ1) is 16.8. The summed E-state index contributed by atoms with van der Waals surface area (Å²) in [6, 6.07) is 14.1. The number of carbonyl (C=O) groups is 1. The van der Waals surface area contributed by atoms with Gasteiger partial charge in [0.25, 0.3) is 0 Å². The first-order chi connectivity index (χ1) is 13.2. The van der Waals surface area contributed by atoms with Gasteiger partial charge in [0.1, 0.15) is 18.0 Å². The number of carbonyl (C=O) groups excluding carboxylic acids is 1. The molecule has 2 aliphatic heterocycles. The Morgan fingerprint density at radius 2 is 1.85 bits per heavy atom. The van der Waals surface area contributed by atoms with Crippen molar-refractivity contribution in [2.75, 3.05) is 18.5 Å². The van der Waals surface area contributed by atoms with E-state index in [1.165, 1.54) is 36.6 Å². The number of para-hydroxylation sites is 1. The van der Waals surface area contributed by atoms with Gasteiger partial charge in [-0.05, 0) is 42.0 Å². The van der Waals surface area contributed by atoms with Crippen molar-refractivity contribution in [3.63, 3.8) is 0 Å². The van der Waals surface area contributed by atoms with E-state index in [9.17, 15) is 4.79 Å². The molecule has 0 bridgehead atoms. The summed E-state index contributed by atoms with van der Waals surface area (Å²) in [5, 5.41) is 3.74. The predicted molar refractivity (Wildman–Crippen MR) is 101 cm³/mol. The van der Waals surface area contributed by atoms with E-state index < -0.39 is 0 Å². The molecule has 1 aliphatic carbocycles. The SMILES string of the molecule is CC(=O)Oc1cccc(C2Nc3c(C4CC4)cccc3C3OCCOC23)c1. The summed E-state index contributed by atoms with van der Waals surface area (Å²) in [5.41, 5.74) is 4.79. The number of ether oxygens (including phenoxy) is 3. The maximum absolute atomic E-state index is 11.3. The second-order valence-electron chi connectivity index (χ2n) is 7.50. The second-order valence-corrected chi connectivity index (χ2v) is 7.50. The normalized spacial score (nSPS) is 26.5. The molecular formula is C22H23NO4. The summed E-state index contributed by atoms with van der Waals surface area (Å²) in [6.45, 7) is 2.60. The molecule has 3 atom stereocenters. The molecule has 2 aromatic rings. The van der Waals surface area contributed by atoms with Crippen molar-refractivity contribution in [3.8, 4) is 5.75 Å². The number of rotatable bonds is 3. The first-order valence-corrected chi connectivity index (χ1v) is 9.61. The highest BCUT2D eigenvalue weighted by atomic mass is 16.6. The molecule has 27 heavy (non-hydrogen) atoms. The van der Waals surface area contributed by atoms with Crippen LogP contribution in [0.3, 0.4) is 0 Å². The molecule has 2 heterocycles. The van der Waals surface area contributed by atoms with Crippen molar-refractivity contribution in [1.29, 1.82) is 0 Å². The van der Waals surface area contributed by atoms with Crippen molar-refractivity contribution in [2.24, 2.45) is 0 Å². The third-order valence-electron chi connectivity index (χ3n) is 5.55. The van der Waals surface area contributed by atoms with E-state index in [-0.39, 0.29) is 24.2 Å². The maximum Gasteiger partial charge on any atom is 0.308 e. The van der Waals surface area contributed by atoms with Crippen LogP contribution in [0.1, 0.15) is 54.5 Å². The fourth-order valence-corrected chi connectivity index (χ4v) is 4.25. The van der Waals surface area contributed by atoms with Gasteiger partial charge >= 0.3 is 5.97 Å². The van der Waals surface area contributed by atoms with E-state index in [0.717, 1.165) is 5.56 Å². The van der Waals surface area contributed by atoms with E-state index in [0.29, 0.717) is 24.9 Å². The van der Waals surface area contributed by atoms with Crippen molar-refractivity contribution in [2.45, 2.75) is 43.9 Å². The van der Waals surface area contributed by atoms with Gasteiger partial charge in [-0.15, -0.1) is 0 Å². The van der Waals surface area contributed by atoms with Crippen LogP contribution in [0.5, 0.6) is 5.75 Å². The Labute approximate surface area is 158 Å². The van der Waals surface area contributed by atoms with Gasteiger partial charge in [0.15, 0.2) is 0 Å². The van der Waals surface area contributed by atoms with Gasteiger partial charge in [-0.1, -0.05) is 30.3 Å². The lowest BCUT2D eigenvalue weighted by Gasteiger charge is -2.43. The molecule has 5 rings (SSSR count). The van der Waals surface area contributed by atoms with Crippen LogP contribution >= 0.6 is 0 Å². The van der Waals surface area contributed by atoms with Gasteiger partial charge in [-0.2, -0.15) is 0 Å². The van der Waals surface area contributed by atoms with Crippen LogP contribution in [-0.4, -0.2) is 25.3 Å². The van der Waals surface area contributed by atoms with Crippen LogP contribution in [0.15, 0.2) is 42.5 Å². The monoisotopic (exact) mass is 365 g/mol. The Bertz CT molecular complexity index is 876. The summed E-state index contributed by atoms with van der Waals surface area (Å²) in [4.78, 5) is 11.3. The number of hydrogen-bond acceptors (Lipinski definition) is 5. The van der Waals surface area contributed by atoms with E-state index in [1.807, 2.05) is 18.2 Å². The van der Waals surface area contributed by atoms with Crippen molar-refractivity contribution < 1.29 is 19.0 Å². The molecule has 1 saturated heterocycles. The fraction of sp³-hybridized carbons (Fsp3) is 0.409. The van der Waals surface area contributed by atoms with Gasteiger partial charge < -0.3 is 19.5 Å². The van der Waals surface area contributed by atoms with Crippen molar-refractivity contribution in [3.05, 3.63) is 59.2 Å². The lowest BCUT2D eigenvalue weighted by Crippen LogP contribution is -2.43. The van der Waals surface area contributed by atoms with Crippen LogP contribution in [-0.2, 0) is 14.3 Å². The van der Waals surface area contributed by atoms with Crippen LogP contribution in [0.2, 0.25) is 0 Å². The lowest BCUT2D eigenvalue weighted by atomic mass is 9.85. The van der Waals surface area contributed by atoms with Gasteiger partial charge in [-0.25, -0.2) is 0 Å². The molecule has 0 radical (unpaired) electrons. The average Bonchev–Trinajstić information content (AvgIpc) is 3.52. The molecule has 2 aromatic carbocycles. The quantitative estimate of drug-likeness (QED) is 0.655. The molecule has 3 aliphatic rings. The lowest BCUT2D eigenvalue weighted by molar-refractivity contribution is -0.151.